The molecular weight excluding hydrogens is 228 g/mol. The van der Waals surface area contributed by atoms with Gasteiger partial charge in [-0.1, -0.05) is 114 Å². The Morgan fingerprint density at radius 3 is 0.842 bits per heavy atom. The van der Waals surface area contributed by atoms with Crippen molar-refractivity contribution in [1.82, 2.24) is 0 Å². The van der Waals surface area contributed by atoms with Crippen molar-refractivity contribution >= 4 is 0 Å². The predicted molar refractivity (Wildman–Crippen MR) is 96.0 cm³/mol. The summed E-state index contributed by atoms with van der Waals surface area (Å²) in [6.45, 7) is 21.8. The van der Waals surface area contributed by atoms with E-state index in [1.165, 1.54) is 44.9 Å². The lowest BCUT2D eigenvalue weighted by Gasteiger charge is -1.98. The molecule has 0 radical (unpaired) electrons. The van der Waals surface area contributed by atoms with Crippen LogP contribution in [-0.4, -0.2) is 0 Å². The van der Waals surface area contributed by atoms with Gasteiger partial charge in [0.2, 0.25) is 0 Å². The van der Waals surface area contributed by atoms with Crippen molar-refractivity contribution in [2.75, 3.05) is 0 Å². The first kappa shape index (κ1) is 27.4. The summed E-state index contributed by atoms with van der Waals surface area (Å²) in [6.07, 6.45) is 9.54. The number of hydrogen-bond donors (Lipinski definition) is 0. The van der Waals surface area contributed by atoms with Gasteiger partial charge in [0, 0.05) is 0 Å². The van der Waals surface area contributed by atoms with Crippen LogP contribution in [0, 0.1) is 11.8 Å². The molecule has 0 saturated heterocycles. The van der Waals surface area contributed by atoms with Gasteiger partial charge < -0.3 is 0 Å². The molecule has 0 aliphatic heterocycles. The smallest absolute Gasteiger partial charge is 0.0471 e. The minimum atomic E-state index is 0.903. The van der Waals surface area contributed by atoms with Gasteiger partial charge in [0.05, 0.1) is 0 Å². The van der Waals surface area contributed by atoms with Crippen LogP contribution in [0.25, 0.3) is 0 Å². The van der Waals surface area contributed by atoms with Crippen LogP contribution in [0.1, 0.15) is 114 Å². The van der Waals surface area contributed by atoms with E-state index < -0.39 is 0 Å². The number of rotatable bonds is 6. The molecule has 0 heterocycles. The van der Waals surface area contributed by atoms with Crippen LogP contribution in [0.3, 0.4) is 0 Å². The minimum absolute atomic E-state index is 0.903. The van der Waals surface area contributed by atoms with Crippen molar-refractivity contribution in [2.24, 2.45) is 11.8 Å². The van der Waals surface area contributed by atoms with Gasteiger partial charge in [-0.3, -0.25) is 0 Å². The van der Waals surface area contributed by atoms with Crippen molar-refractivity contribution in [1.29, 1.82) is 0 Å². The zero-order valence-electron chi connectivity index (χ0n) is 16.1. The molecule has 122 valence electrons. The van der Waals surface area contributed by atoms with Crippen molar-refractivity contribution in [3.8, 4) is 0 Å². The Bertz CT molecular complexity index is 80.2. The van der Waals surface area contributed by atoms with E-state index in [4.69, 9.17) is 0 Å². The fourth-order valence-corrected chi connectivity index (χ4v) is 1.22. The third-order valence-electron chi connectivity index (χ3n) is 2.27. The lowest BCUT2D eigenvalue weighted by atomic mass is 10.1. The van der Waals surface area contributed by atoms with Crippen molar-refractivity contribution in [3.63, 3.8) is 0 Å². The topological polar surface area (TPSA) is 0 Å². The average molecular weight is 275 g/mol. The highest BCUT2D eigenvalue weighted by Gasteiger charge is 1.89. The van der Waals surface area contributed by atoms with E-state index in [0.29, 0.717) is 0 Å². The van der Waals surface area contributed by atoms with Crippen molar-refractivity contribution in [2.45, 2.75) is 114 Å². The molecule has 0 aromatic heterocycles. The molecule has 19 heavy (non-hydrogen) atoms. The molecule has 0 heteroatoms. The molecule has 0 rings (SSSR count). The van der Waals surface area contributed by atoms with Crippen LogP contribution in [-0.2, 0) is 0 Å². The van der Waals surface area contributed by atoms with Crippen LogP contribution in [0.15, 0.2) is 0 Å². The van der Waals surface area contributed by atoms with E-state index in [1.807, 2.05) is 13.8 Å². The Hall–Kier alpha value is 0. The van der Waals surface area contributed by atoms with Crippen molar-refractivity contribution < 1.29 is 0 Å². The van der Waals surface area contributed by atoms with E-state index in [9.17, 15) is 0 Å². The zero-order valence-corrected chi connectivity index (χ0v) is 16.1. The maximum atomic E-state index is 2.27. The SMILES string of the molecule is CC.CCC.CCCCC(C)C.CCCCC(C)C. The van der Waals surface area contributed by atoms with Gasteiger partial charge in [-0.25, -0.2) is 0 Å². The summed E-state index contributed by atoms with van der Waals surface area (Å²) in [7, 11) is 0. The lowest BCUT2D eigenvalue weighted by Crippen LogP contribution is -1.83. The van der Waals surface area contributed by atoms with Gasteiger partial charge >= 0.3 is 0 Å². The predicted octanol–water partition coefficient (Wildman–Crippen LogP) is 8.11. The second-order valence-corrected chi connectivity index (χ2v) is 5.78. The van der Waals surface area contributed by atoms with E-state index in [0.717, 1.165) is 11.8 Å². The molecule has 0 spiro atoms. The number of hydrogen-bond acceptors (Lipinski definition) is 0. The molecule has 0 bridgehead atoms. The van der Waals surface area contributed by atoms with Crippen LogP contribution in [0.2, 0.25) is 0 Å². The Kier molecular flexibility index (Phi) is 44.3. The molecule has 0 nitrogen and oxygen atoms in total. The average Bonchev–Trinajstić information content (AvgIpc) is 2.38. The summed E-state index contributed by atoms with van der Waals surface area (Å²) in [6, 6.07) is 0. The van der Waals surface area contributed by atoms with E-state index in [1.54, 1.807) is 0 Å². The molecule has 0 aromatic carbocycles. The van der Waals surface area contributed by atoms with Crippen LogP contribution in [0.5, 0.6) is 0 Å². The Balaban J connectivity index is -0.0000000888. The second-order valence-electron chi connectivity index (χ2n) is 5.78. The second kappa shape index (κ2) is 30.8. The normalized spacial score (nSPS) is 8.84. The number of unbranched alkanes of at least 4 members (excludes halogenated alkanes) is 2. The fourth-order valence-electron chi connectivity index (χ4n) is 1.22. The first-order chi connectivity index (χ1) is 8.95. The van der Waals surface area contributed by atoms with Gasteiger partial charge in [-0.15, -0.1) is 0 Å². The summed E-state index contributed by atoms with van der Waals surface area (Å²) in [5, 5.41) is 0. The van der Waals surface area contributed by atoms with E-state index in [-0.39, 0.29) is 0 Å². The molecule has 0 unspecified atom stereocenters. The lowest BCUT2D eigenvalue weighted by molar-refractivity contribution is 0.550. The summed E-state index contributed by atoms with van der Waals surface area (Å²) in [5.74, 6) is 1.81. The van der Waals surface area contributed by atoms with Gasteiger partial charge in [-0.2, -0.15) is 0 Å². The standard InChI is InChI=1S/2C7H16.C3H8.C2H6/c2*1-4-5-6-7(2)3;1-3-2;1-2/h2*7H,4-6H2,1-3H3;3H2,1-2H3;1-2H3. The van der Waals surface area contributed by atoms with Crippen LogP contribution >= 0.6 is 0 Å². The molecule has 0 amide bonds. The molecular formula is C19H46. The summed E-state index contributed by atoms with van der Waals surface area (Å²) < 4.78 is 0. The molecule has 0 aromatic rings. The minimum Gasteiger partial charge on any atom is -0.0683 e. The highest BCUT2D eigenvalue weighted by molar-refractivity contribution is 4.42. The maximum Gasteiger partial charge on any atom is -0.0471 e. The first-order valence-electron chi connectivity index (χ1n) is 8.95. The first-order valence-corrected chi connectivity index (χ1v) is 8.95. The van der Waals surface area contributed by atoms with E-state index >= 15 is 0 Å². The molecule has 0 aliphatic rings. The van der Waals surface area contributed by atoms with Gasteiger partial charge in [-0.05, 0) is 11.8 Å². The molecule has 0 atom stereocenters. The summed E-state index contributed by atoms with van der Waals surface area (Å²) in [4.78, 5) is 0. The maximum absolute atomic E-state index is 2.27. The largest absolute Gasteiger partial charge is 0.0683 e. The van der Waals surface area contributed by atoms with Gasteiger partial charge in [0.25, 0.3) is 0 Å². The quantitative estimate of drug-likeness (QED) is 0.459. The van der Waals surface area contributed by atoms with Crippen molar-refractivity contribution in [3.05, 3.63) is 0 Å². The molecule has 0 fully saturated rings. The summed E-state index contributed by atoms with van der Waals surface area (Å²) in [5.41, 5.74) is 0. The van der Waals surface area contributed by atoms with E-state index in [2.05, 4.69) is 55.4 Å². The Morgan fingerprint density at radius 1 is 0.579 bits per heavy atom. The molecule has 0 saturated carbocycles. The third kappa shape index (κ3) is 72.0. The fraction of sp³-hybridized carbons (Fsp3) is 1.00. The molecule has 0 aliphatic carbocycles. The monoisotopic (exact) mass is 274 g/mol. The van der Waals surface area contributed by atoms with Crippen LogP contribution < -0.4 is 0 Å². The van der Waals surface area contributed by atoms with Gasteiger partial charge in [0.15, 0.2) is 0 Å². The highest BCUT2D eigenvalue weighted by Crippen LogP contribution is 2.04. The zero-order chi connectivity index (χ0) is 16.1. The molecule has 0 N–H and O–H groups in total. The van der Waals surface area contributed by atoms with Gasteiger partial charge in [0.1, 0.15) is 0 Å². The summed E-state index contributed by atoms with van der Waals surface area (Å²) >= 11 is 0. The Morgan fingerprint density at radius 2 is 0.789 bits per heavy atom. The van der Waals surface area contributed by atoms with Crippen LogP contribution in [0.4, 0.5) is 0 Å². The highest BCUT2D eigenvalue weighted by atomic mass is 14.0. The Labute approximate surface area is 126 Å². The third-order valence-corrected chi connectivity index (χ3v) is 2.27.